The van der Waals surface area contributed by atoms with E-state index in [9.17, 15) is 13.2 Å². The number of anilines is 2. The molecule has 144 valence electrons. The van der Waals surface area contributed by atoms with Gasteiger partial charge in [0.1, 0.15) is 0 Å². The fourth-order valence-corrected chi connectivity index (χ4v) is 3.33. The van der Waals surface area contributed by atoms with Gasteiger partial charge in [-0.15, -0.1) is 0 Å². The van der Waals surface area contributed by atoms with E-state index in [1.54, 1.807) is 37.4 Å². The minimum absolute atomic E-state index is 0.348. The fraction of sp³-hybridized carbons (Fsp3) is 0.143. The molecule has 0 saturated carbocycles. The van der Waals surface area contributed by atoms with Crippen LogP contribution in [0.3, 0.4) is 0 Å². The molecule has 0 spiro atoms. The van der Waals surface area contributed by atoms with Crippen molar-refractivity contribution >= 4 is 27.3 Å². The number of amides is 1. The Morgan fingerprint density at radius 1 is 1.00 bits per heavy atom. The summed E-state index contributed by atoms with van der Waals surface area (Å²) >= 11 is 0. The molecule has 1 aromatic heterocycles. The van der Waals surface area contributed by atoms with Crippen molar-refractivity contribution in [3.05, 3.63) is 78.1 Å². The van der Waals surface area contributed by atoms with Crippen LogP contribution in [0.4, 0.5) is 11.4 Å². The highest BCUT2D eigenvalue weighted by Crippen LogP contribution is 2.32. The molecule has 28 heavy (non-hydrogen) atoms. The molecule has 1 N–H and O–H groups in total. The maximum absolute atomic E-state index is 12.8. The molecular formula is C21H21N3O3S. The topological polar surface area (TPSA) is 79.4 Å². The predicted molar refractivity (Wildman–Crippen MR) is 112 cm³/mol. The zero-order valence-corrected chi connectivity index (χ0v) is 16.7. The Morgan fingerprint density at radius 3 is 2.36 bits per heavy atom. The summed E-state index contributed by atoms with van der Waals surface area (Å²) in [6, 6.07) is 18.3. The highest BCUT2D eigenvalue weighted by atomic mass is 32.2. The van der Waals surface area contributed by atoms with E-state index >= 15 is 0 Å². The average molecular weight is 395 g/mol. The van der Waals surface area contributed by atoms with Crippen LogP contribution in [0.15, 0.2) is 66.9 Å². The molecule has 0 aliphatic carbocycles. The van der Waals surface area contributed by atoms with Gasteiger partial charge in [0.05, 0.1) is 23.2 Å². The highest BCUT2D eigenvalue weighted by molar-refractivity contribution is 7.92. The van der Waals surface area contributed by atoms with Crippen LogP contribution in [0.2, 0.25) is 0 Å². The summed E-state index contributed by atoms with van der Waals surface area (Å²) in [7, 11) is -2.04. The number of aryl methyl sites for hydroxylation is 1. The van der Waals surface area contributed by atoms with Gasteiger partial charge in [-0.2, -0.15) is 0 Å². The number of sulfonamides is 1. The third-order valence-electron chi connectivity index (χ3n) is 4.44. The first-order valence-electron chi connectivity index (χ1n) is 8.63. The maximum Gasteiger partial charge on any atom is 0.257 e. The van der Waals surface area contributed by atoms with E-state index in [0.717, 1.165) is 21.7 Å². The van der Waals surface area contributed by atoms with Gasteiger partial charge in [-0.25, -0.2) is 8.42 Å². The Kier molecular flexibility index (Phi) is 5.46. The monoisotopic (exact) mass is 395 g/mol. The van der Waals surface area contributed by atoms with Crippen LogP contribution in [-0.4, -0.2) is 32.6 Å². The number of rotatable bonds is 5. The minimum atomic E-state index is -3.49. The summed E-state index contributed by atoms with van der Waals surface area (Å²) in [6.07, 6.45) is 2.74. The molecule has 1 heterocycles. The van der Waals surface area contributed by atoms with E-state index in [-0.39, 0.29) is 5.91 Å². The fourth-order valence-electron chi connectivity index (χ4n) is 2.81. The smallest absolute Gasteiger partial charge is 0.257 e. The van der Waals surface area contributed by atoms with Gasteiger partial charge in [0.15, 0.2) is 0 Å². The van der Waals surface area contributed by atoms with Crippen molar-refractivity contribution in [1.29, 1.82) is 0 Å². The maximum atomic E-state index is 12.8. The largest absolute Gasteiger partial charge is 0.320 e. The zero-order chi connectivity index (χ0) is 20.3. The van der Waals surface area contributed by atoms with Crippen molar-refractivity contribution in [2.24, 2.45) is 0 Å². The van der Waals surface area contributed by atoms with Gasteiger partial charge in [-0.3, -0.25) is 14.1 Å². The Bertz CT molecular complexity index is 1110. The molecule has 7 heteroatoms. The molecule has 0 aliphatic heterocycles. The lowest BCUT2D eigenvalue weighted by Crippen LogP contribution is -2.26. The second kappa shape index (κ2) is 7.82. The Labute approximate surface area is 164 Å². The lowest BCUT2D eigenvalue weighted by molar-refractivity contribution is 0.102. The number of nitrogens with one attached hydrogen (secondary N) is 1. The second-order valence-electron chi connectivity index (χ2n) is 6.42. The third-order valence-corrected chi connectivity index (χ3v) is 5.63. The first-order valence-corrected chi connectivity index (χ1v) is 10.5. The molecule has 0 aliphatic rings. The van der Waals surface area contributed by atoms with Crippen molar-refractivity contribution in [2.75, 3.05) is 22.9 Å². The summed E-state index contributed by atoms with van der Waals surface area (Å²) in [4.78, 5) is 16.9. The summed E-state index contributed by atoms with van der Waals surface area (Å²) in [5.41, 5.74) is 3.64. The van der Waals surface area contributed by atoms with E-state index in [1.165, 1.54) is 7.05 Å². The molecule has 1 amide bonds. The molecule has 0 bridgehead atoms. The van der Waals surface area contributed by atoms with Gasteiger partial charge in [-0.1, -0.05) is 36.4 Å². The molecule has 2 aromatic carbocycles. The minimum Gasteiger partial charge on any atom is -0.320 e. The summed E-state index contributed by atoms with van der Waals surface area (Å²) < 4.78 is 25.3. The lowest BCUT2D eigenvalue weighted by atomic mass is 10.0. The highest BCUT2D eigenvalue weighted by Gasteiger charge is 2.19. The number of hydrogen-bond donors (Lipinski definition) is 1. The Morgan fingerprint density at radius 2 is 1.71 bits per heavy atom. The second-order valence-corrected chi connectivity index (χ2v) is 8.43. The van der Waals surface area contributed by atoms with Gasteiger partial charge < -0.3 is 5.32 Å². The van der Waals surface area contributed by atoms with E-state index < -0.39 is 10.0 Å². The standard InChI is InChI=1S/C21H21N3O3S/c1-15-18(10-7-13-22-15)21(25)23-19-14-17(16-8-5-4-6-9-16)11-12-20(19)24(2)28(3,26)27/h4-14H,1-3H3,(H,23,25). The van der Waals surface area contributed by atoms with Crippen LogP contribution in [0.5, 0.6) is 0 Å². The van der Waals surface area contributed by atoms with E-state index in [2.05, 4.69) is 10.3 Å². The molecule has 0 unspecified atom stereocenters. The number of pyridine rings is 1. The zero-order valence-electron chi connectivity index (χ0n) is 15.9. The van der Waals surface area contributed by atoms with Crippen molar-refractivity contribution in [3.8, 4) is 11.1 Å². The number of carbonyl (C=O) groups excluding carboxylic acids is 1. The predicted octanol–water partition coefficient (Wildman–Crippen LogP) is 3.71. The van der Waals surface area contributed by atoms with Crippen LogP contribution in [-0.2, 0) is 10.0 Å². The first kappa shape index (κ1) is 19.6. The van der Waals surface area contributed by atoms with Crippen molar-refractivity contribution in [3.63, 3.8) is 0 Å². The van der Waals surface area contributed by atoms with Gasteiger partial charge >= 0.3 is 0 Å². The Balaban J connectivity index is 2.07. The SMILES string of the molecule is Cc1ncccc1C(=O)Nc1cc(-c2ccccc2)ccc1N(C)S(C)(=O)=O. The number of aromatic nitrogens is 1. The van der Waals surface area contributed by atoms with Crippen LogP contribution >= 0.6 is 0 Å². The first-order chi connectivity index (χ1) is 13.3. The lowest BCUT2D eigenvalue weighted by Gasteiger charge is -2.21. The number of benzene rings is 2. The quantitative estimate of drug-likeness (QED) is 0.714. The third kappa shape index (κ3) is 4.20. The van der Waals surface area contributed by atoms with Crippen LogP contribution in [0.1, 0.15) is 16.1 Å². The normalized spacial score (nSPS) is 11.1. The molecular weight excluding hydrogens is 374 g/mol. The van der Waals surface area contributed by atoms with Crippen molar-refractivity contribution in [1.82, 2.24) is 4.98 Å². The molecule has 3 aromatic rings. The Hall–Kier alpha value is -3.19. The summed E-state index contributed by atoms with van der Waals surface area (Å²) in [5.74, 6) is -0.348. The molecule has 0 fully saturated rings. The molecule has 0 atom stereocenters. The molecule has 3 rings (SSSR count). The van der Waals surface area contributed by atoms with E-state index in [0.29, 0.717) is 22.6 Å². The van der Waals surface area contributed by atoms with E-state index in [1.807, 2.05) is 36.4 Å². The van der Waals surface area contributed by atoms with Crippen LogP contribution in [0.25, 0.3) is 11.1 Å². The number of hydrogen-bond acceptors (Lipinski definition) is 4. The van der Waals surface area contributed by atoms with Gasteiger partial charge in [0, 0.05) is 18.9 Å². The van der Waals surface area contributed by atoms with Crippen molar-refractivity contribution < 1.29 is 13.2 Å². The van der Waals surface area contributed by atoms with Gasteiger partial charge in [0.25, 0.3) is 5.91 Å². The van der Waals surface area contributed by atoms with Gasteiger partial charge in [0.2, 0.25) is 10.0 Å². The van der Waals surface area contributed by atoms with Crippen LogP contribution in [0, 0.1) is 6.92 Å². The van der Waals surface area contributed by atoms with Crippen LogP contribution < -0.4 is 9.62 Å². The molecule has 0 radical (unpaired) electrons. The van der Waals surface area contributed by atoms with E-state index in [4.69, 9.17) is 0 Å². The molecule has 6 nitrogen and oxygen atoms in total. The number of carbonyl (C=O) groups is 1. The summed E-state index contributed by atoms with van der Waals surface area (Å²) in [6.45, 7) is 1.75. The van der Waals surface area contributed by atoms with Crippen molar-refractivity contribution in [2.45, 2.75) is 6.92 Å². The van der Waals surface area contributed by atoms with Gasteiger partial charge in [-0.05, 0) is 42.3 Å². The summed E-state index contributed by atoms with van der Waals surface area (Å²) in [5, 5.41) is 2.85. The average Bonchev–Trinajstić information content (AvgIpc) is 2.67. The molecule has 0 saturated heterocycles. The number of nitrogens with zero attached hydrogens (tertiary/aromatic N) is 2.